The highest BCUT2D eigenvalue weighted by atomic mass is 35.5. The summed E-state index contributed by atoms with van der Waals surface area (Å²) >= 11 is 6.18. The molecule has 0 saturated carbocycles. The molecule has 0 bridgehead atoms. The molecule has 0 aliphatic heterocycles. The van der Waals surface area contributed by atoms with Crippen LogP contribution in [0.25, 0.3) is 11.3 Å². The van der Waals surface area contributed by atoms with Crippen molar-refractivity contribution in [1.29, 1.82) is 0 Å². The first-order chi connectivity index (χ1) is 14.7. The molecule has 0 aromatic carbocycles. The van der Waals surface area contributed by atoms with Gasteiger partial charge in [0.15, 0.2) is 16.4 Å². The minimum atomic E-state index is -1.42. The molecule has 0 fully saturated rings. The zero-order chi connectivity index (χ0) is 22.3. The Balaban J connectivity index is 1.69. The second-order valence-electron chi connectivity index (χ2n) is 7.59. The lowest BCUT2D eigenvalue weighted by molar-refractivity contribution is 0.0717. The van der Waals surface area contributed by atoms with Crippen molar-refractivity contribution < 1.29 is 9.84 Å². The molecule has 0 saturated heterocycles. The lowest BCUT2D eigenvalue weighted by Crippen LogP contribution is -2.32. The van der Waals surface area contributed by atoms with Gasteiger partial charge in [0.2, 0.25) is 17.8 Å². The molecule has 4 N–H and O–H groups in total. The third-order valence-electron chi connectivity index (χ3n) is 4.83. The number of fused-ring (bicyclic) bond motifs is 2. The molecule has 0 aliphatic carbocycles. The summed E-state index contributed by atoms with van der Waals surface area (Å²) in [6.45, 7) is 7.98. The number of rotatable bonds is 7. The van der Waals surface area contributed by atoms with Gasteiger partial charge in [-0.15, -0.1) is 25.5 Å². The van der Waals surface area contributed by atoms with Crippen LogP contribution in [-0.4, -0.2) is 57.9 Å². The van der Waals surface area contributed by atoms with E-state index < -0.39 is 5.60 Å². The third-order valence-corrected chi connectivity index (χ3v) is 5.01. The normalized spacial score (nSPS) is 13.8. The van der Waals surface area contributed by atoms with Gasteiger partial charge in [-0.05, 0) is 25.8 Å². The Morgan fingerprint density at radius 3 is 2.61 bits per heavy atom. The molecule has 0 spiro atoms. The van der Waals surface area contributed by atoms with Crippen molar-refractivity contribution in [2.45, 2.75) is 39.2 Å². The summed E-state index contributed by atoms with van der Waals surface area (Å²) in [5.74, 6) is 0.907. The number of aromatic nitrogens is 8. The summed E-state index contributed by atoms with van der Waals surface area (Å²) in [4.78, 5) is 0. The maximum atomic E-state index is 11.3. The summed E-state index contributed by atoms with van der Waals surface area (Å²) in [6, 6.07) is 3.39. The van der Waals surface area contributed by atoms with Gasteiger partial charge < -0.3 is 20.9 Å². The molecule has 1 unspecified atom stereocenters. The molecule has 0 radical (unpaired) electrons. The molecular formula is C18H23ClN10O2. The Bertz CT molecular complexity index is 1250. The fourth-order valence-electron chi connectivity index (χ4n) is 3.24. The van der Waals surface area contributed by atoms with Gasteiger partial charge in [-0.1, -0.05) is 25.4 Å². The van der Waals surface area contributed by atoms with Crippen LogP contribution in [0.3, 0.4) is 0 Å². The molecule has 4 aromatic heterocycles. The quantitative estimate of drug-likeness (QED) is 0.381. The number of hydrogen-bond acceptors (Lipinski definition) is 10. The van der Waals surface area contributed by atoms with Gasteiger partial charge >= 0.3 is 0 Å². The van der Waals surface area contributed by atoms with Gasteiger partial charge in [-0.2, -0.15) is 14.1 Å². The highest BCUT2D eigenvalue weighted by Crippen LogP contribution is 2.29. The fraction of sp³-hybridized carbons (Fsp3) is 0.444. The van der Waals surface area contributed by atoms with Crippen LogP contribution in [0.4, 0.5) is 11.9 Å². The van der Waals surface area contributed by atoms with Crippen LogP contribution in [0, 0.1) is 0 Å². The number of nitrogens with two attached hydrogens (primary N) is 1. The SMILES string of the molecule is CCOc1cc(C(C)(O)CNc2nnc3c(C(C)C)cc(Cl)nn23)c2nnc(N)n2n1. The number of anilines is 2. The molecule has 4 rings (SSSR count). The first-order valence-corrected chi connectivity index (χ1v) is 10.1. The van der Waals surface area contributed by atoms with Crippen molar-refractivity contribution in [3.63, 3.8) is 0 Å². The highest BCUT2D eigenvalue weighted by Gasteiger charge is 2.30. The van der Waals surface area contributed by atoms with Crippen LogP contribution in [0.5, 0.6) is 5.88 Å². The van der Waals surface area contributed by atoms with E-state index in [2.05, 4.69) is 35.9 Å². The molecule has 4 heterocycles. The number of hydrogen-bond donors (Lipinski definition) is 3. The topological polar surface area (TPSA) is 154 Å². The minimum absolute atomic E-state index is 0.0526. The van der Waals surface area contributed by atoms with E-state index in [1.165, 1.54) is 9.03 Å². The zero-order valence-electron chi connectivity index (χ0n) is 17.5. The van der Waals surface area contributed by atoms with E-state index in [9.17, 15) is 5.11 Å². The van der Waals surface area contributed by atoms with Crippen LogP contribution in [0.15, 0.2) is 12.1 Å². The van der Waals surface area contributed by atoms with Gasteiger partial charge in [0.05, 0.1) is 13.2 Å². The highest BCUT2D eigenvalue weighted by molar-refractivity contribution is 6.29. The summed E-state index contributed by atoms with van der Waals surface area (Å²) in [7, 11) is 0. The van der Waals surface area contributed by atoms with E-state index in [0.717, 1.165) is 5.56 Å². The summed E-state index contributed by atoms with van der Waals surface area (Å²) in [5, 5.41) is 39.5. The Kier molecular flexibility index (Phi) is 5.27. The molecule has 31 heavy (non-hydrogen) atoms. The Hall–Kier alpha value is -3.25. The second kappa shape index (κ2) is 7.78. The first-order valence-electron chi connectivity index (χ1n) is 9.74. The van der Waals surface area contributed by atoms with Gasteiger partial charge in [0.25, 0.3) is 0 Å². The monoisotopic (exact) mass is 446 g/mol. The lowest BCUT2D eigenvalue weighted by Gasteiger charge is -2.24. The summed E-state index contributed by atoms with van der Waals surface area (Å²) < 4.78 is 8.36. The maximum Gasteiger partial charge on any atom is 0.246 e. The Labute approximate surface area is 182 Å². The predicted octanol–water partition coefficient (Wildman–Crippen LogP) is 1.64. The first kappa shape index (κ1) is 21.0. The molecule has 0 aliphatic rings. The number of ether oxygens (including phenoxy) is 1. The van der Waals surface area contributed by atoms with Crippen LogP contribution < -0.4 is 15.8 Å². The third kappa shape index (κ3) is 3.79. The summed E-state index contributed by atoms with van der Waals surface area (Å²) in [5.41, 5.74) is 6.71. The van der Waals surface area contributed by atoms with E-state index in [-0.39, 0.29) is 18.4 Å². The number of nitrogen functional groups attached to an aromatic ring is 1. The number of halogens is 1. The molecule has 13 heteroatoms. The van der Waals surface area contributed by atoms with Crippen LogP contribution in [0.1, 0.15) is 44.7 Å². The largest absolute Gasteiger partial charge is 0.477 e. The van der Waals surface area contributed by atoms with Crippen molar-refractivity contribution >= 4 is 34.8 Å². The van der Waals surface area contributed by atoms with E-state index >= 15 is 0 Å². The van der Waals surface area contributed by atoms with Crippen molar-refractivity contribution in [2.24, 2.45) is 0 Å². The van der Waals surface area contributed by atoms with Crippen LogP contribution in [0.2, 0.25) is 5.15 Å². The summed E-state index contributed by atoms with van der Waals surface area (Å²) in [6.07, 6.45) is 0. The minimum Gasteiger partial charge on any atom is -0.477 e. The molecule has 164 valence electrons. The lowest BCUT2D eigenvalue weighted by atomic mass is 9.97. The van der Waals surface area contributed by atoms with Crippen molar-refractivity contribution in [2.75, 3.05) is 24.2 Å². The van der Waals surface area contributed by atoms with Crippen molar-refractivity contribution in [3.05, 3.63) is 28.4 Å². The van der Waals surface area contributed by atoms with Crippen LogP contribution >= 0.6 is 11.6 Å². The van der Waals surface area contributed by atoms with E-state index in [1.54, 1.807) is 19.1 Å². The van der Waals surface area contributed by atoms with Crippen molar-refractivity contribution in [3.8, 4) is 5.88 Å². The van der Waals surface area contributed by atoms with E-state index in [4.69, 9.17) is 22.1 Å². The standard InChI is InChI=1S/C18H23ClN10O2/c1-5-31-13-7-11(15-23-24-16(20)28(15)27-13)18(4,30)8-21-17-25-22-14-10(9(2)3)6-12(19)26-29(14)17/h6-7,9,30H,5,8H2,1-4H3,(H2,20,24)(H,21,25). The smallest absolute Gasteiger partial charge is 0.246 e. The van der Waals surface area contributed by atoms with Gasteiger partial charge in [0, 0.05) is 17.2 Å². The molecule has 1 atom stereocenters. The zero-order valence-corrected chi connectivity index (χ0v) is 18.3. The number of nitrogens with one attached hydrogen (secondary N) is 1. The average molecular weight is 447 g/mol. The van der Waals surface area contributed by atoms with E-state index in [1.807, 2.05) is 20.8 Å². The number of aliphatic hydroxyl groups is 1. The molecule has 12 nitrogen and oxygen atoms in total. The van der Waals surface area contributed by atoms with Gasteiger partial charge in [-0.25, -0.2) is 0 Å². The molecule has 0 amide bonds. The van der Waals surface area contributed by atoms with Gasteiger partial charge in [0.1, 0.15) is 5.60 Å². The molecule has 4 aromatic rings. The predicted molar refractivity (Wildman–Crippen MR) is 114 cm³/mol. The second-order valence-corrected chi connectivity index (χ2v) is 7.97. The van der Waals surface area contributed by atoms with Crippen LogP contribution in [-0.2, 0) is 5.60 Å². The number of nitrogens with zero attached hydrogens (tertiary/aromatic N) is 8. The van der Waals surface area contributed by atoms with Gasteiger partial charge in [-0.3, -0.25) is 0 Å². The van der Waals surface area contributed by atoms with E-state index in [0.29, 0.717) is 40.4 Å². The maximum absolute atomic E-state index is 11.3. The Morgan fingerprint density at radius 2 is 1.90 bits per heavy atom. The average Bonchev–Trinajstić information content (AvgIpc) is 3.29. The van der Waals surface area contributed by atoms with Crippen molar-refractivity contribution in [1.82, 2.24) is 39.6 Å². The molecular weight excluding hydrogens is 424 g/mol. The fourth-order valence-corrected chi connectivity index (χ4v) is 3.43. The Morgan fingerprint density at radius 1 is 1.16 bits per heavy atom.